The summed E-state index contributed by atoms with van der Waals surface area (Å²) in [5.41, 5.74) is 0. The lowest BCUT2D eigenvalue weighted by Gasteiger charge is -1.98. The molecule has 0 saturated heterocycles. The van der Waals surface area contributed by atoms with Crippen LogP contribution in [0.15, 0.2) is 17.3 Å². The molecule has 0 atom stereocenters. The van der Waals surface area contributed by atoms with Crippen molar-refractivity contribution in [2.75, 3.05) is 0 Å². The molecule has 1 heterocycles. The predicted octanol–water partition coefficient (Wildman–Crippen LogP) is 1.75. The molecule has 0 aliphatic carbocycles. The molecule has 0 bridgehead atoms. The normalized spacial score (nSPS) is 11.6. The Balaban J connectivity index is 3.47. The van der Waals surface area contributed by atoms with Gasteiger partial charge in [0.2, 0.25) is 0 Å². The molecule has 0 amide bonds. The fraction of sp³-hybridized carbons (Fsp3) is 0. The average Bonchev–Trinajstić information content (AvgIpc) is 1.92. The van der Waals surface area contributed by atoms with Crippen LogP contribution in [0.3, 0.4) is 0 Å². The second kappa shape index (κ2) is 3.43. The van der Waals surface area contributed by atoms with Gasteiger partial charge in [-0.1, -0.05) is 0 Å². The molecule has 0 N–H and O–H groups in total. The van der Waals surface area contributed by atoms with Crippen LogP contribution in [0.5, 0.6) is 0 Å². The SMILES string of the molecule is O=S(=O)(Cl)c1nccc(F)c1I. The molecule has 1 aromatic rings. The Kier molecular flexibility index (Phi) is 2.89. The van der Waals surface area contributed by atoms with Gasteiger partial charge in [0.05, 0.1) is 3.57 Å². The molecule has 0 aliphatic heterocycles. The second-order valence-corrected chi connectivity index (χ2v) is 5.41. The van der Waals surface area contributed by atoms with Crippen molar-refractivity contribution in [2.24, 2.45) is 0 Å². The number of hydrogen-bond acceptors (Lipinski definition) is 3. The highest BCUT2D eigenvalue weighted by Gasteiger charge is 2.18. The Hall–Kier alpha value is 0.0500. The van der Waals surface area contributed by atoms with E-state index in [1.54, 1.807) is 0 Å². The van der Waals surface area contributed by atoms with Gasteiger partial charge in [0.1, 0.15) is 5.82 Å². The van der Waals surface area contributed by atoms with E-state index in [0.717, 1.165) is 12.3 Å². The molecule has 1 aromatic heterocycles. The maximum Gasteiger partial charge on any atom is 0.279 e. The second-order valence-electron chi connectivity index (χ2n) is 1.85. The van der Waals surface area contributed by atoms with E-state index in [-0.39, 0.29) is 3.57 Å². The fourth-order valence-electron chi connectivity index (χ4n) is 0.572. The Bertz CT molecular complexity index is 408. The molecule has 0 aromatic carbocycles. The van der Waals surface area contributed by atoms with Crippen LogP contribution < -0.4 is 0 Å². The van der Waals surface area contributed by atoms with Gasteiger partial charge in [0.15, 0.2) is 5.03 Å². The summed E-state index contributed by atoms with van der Waals surface area (Å²) >= 11 is 1.53. The maximum atomic E-state index is 12.7. The standard InChI is InChI=1S/C5H2ClFINO2S/c6-12(10,11)5-4(8)3(7)1-2-9-5/h1-2H. The van der Waals surface area contributed by atoms with E-state index in [0.29, 0.717) is 0 Å². The molecule has 0 saturated carbocycles. The lowest BCUT2D eigenvalue weighted by Crippen LogP contribution is -2.00. The van der Waals surface area contributed by atoms with E-state index in [1.165, 1.54) is 22.6 Å². The molecule has 0 spiro atoms. The van der Waals surface area contributed by atoms with E-state index in [1.807, 2.05) is 0 Å². The summed E-state index contributed by atoms with van der Waals surface area (Å²) in [7, 11) is 1.03. The Labute approximate surface area is 86.5 Å². The number of nitrogens with zero attached hydrogens (tertiary/aromatic N) is 1. The van der Waals surface area contributed by atoms with Gasteiger partial charge >= 0.3 is 0 Å². The third kappa shape index (κ3) is 2.05. The van der Waals surface area contributed by atoms with Gasteiger partial charge in [-0.15, -0.1) is 0 Å². The van der Waals surface area contributed by atoms with Crippen LogP contribution in [0.4, 0.5) is 4.39 Å². The number of hydrogen-bond donors (Lipinski definition) is 0. The van der Waals surface area contributed by atoms with Gasteiger partial charge in [0, 0.05) is 16.9 Å². The van der Waals surface area contributed by atoms with Crippen molar-refractivity contribution < 1.29 is 12.8 Å². The molecular weight excluding hydrogens is 319 g/mol. The van der Waals surface area contributed by atoms with E-state index in [4.69, 9.17) is 10.7 Å². The monoisotopic (exact) mass is 321 g/mol. The minimum Gasteiger partial charge on any atom is -0.242 e. The summed E-state index contributed by atoms with van der Waals surface area (Å²) < 4.78 is 34.1. The van der Waals surface area contributed by atoms with Gasteiger partial charge < -0.3 is 0 Å². The first-order valence-electron chi connectivity index (χ1n) is 2.67. The van der Waals surface area contributed by atoms with Gasteiger partial charge in [-0.3, -0.25) is 0 Å². The van der Waals surface area contributed by atoms with Crippen LogP contribution in [0.2, 0.25) is 0 Å². The Morgan fingerprint density at radius 2 is 2.17 bits per heavy atom. The van der Waals surface area contributed by atoms with Crippen LogP contribution in [-0.2, 0) is 9.05 Å². The van der Waals surface area contributed by atoms with Crippen LogP contribution in [-0.4, -0.2) is 13.4 Å². The van der Waals surface area contributed by atoms with E-state index in [9.17, 15) is 12.8 Å². The van der Waals surface area contributed by atoms with Crippen LogP contribution >= 0.6 is 33.3 Å². The fourth-order valence-corrected chi connectivity index (χ4v) is 3.00. The number of pyridine rings is 1. The quantitative estimate of drug-likeness (QED) is 0.585. The lowest BCUT2D eigenvalue weighted by atomic mass is 10.5. The van der Waals surface area contributed by atoms with Crippen molar-refractivity contribution in [2.45, 2.75) is 5.03 Å². The molecule has 0 fully saturated rings. The molecule has 12 heavy (non-hydrogen) atoms. The summed E-state index contributed by atoms with van der Waals surface area (Å²) in [5, 5.41) is -0.440. The molecule has 1 rings (SSSR count). The lowest BCUT2D eigenvalue weighted by molar-refractivity contribution is 0.590. The van der Waals surface area contributed by atoms with Crippen molar-refractivity contribution >= 4 is 42.3 Å². The Morgan fingerprint density at radius 3 is 2.58 bits per heavy atom. The third-order valence-corrected chi connectivity index (χ3v) is 3.64. The highest BCUT2D eigenvalue weighted by Crippen LogP contribution is 2.20. The van der Waals surface area contributed by atoms with E-state index < -0.39 is 19.9 Å². The number of aromatic nitrogens is 1. The first-order valence-corrected chi connectivity index (χ1v) is 6.06. The zero-order valence-corrected chi connectivity index (χ0v) is 9.19. The smallest absolute Gasteiger partial charge is 0.242 e. The molecule has 66 valence electrons. The average molecular weight is 321 g/mol. The minimum absolute atomic E-state index is 0.0925. The topological polar surface area (TPSA) is 47.0 Å². The minimum atomic E-state index is -3.94. The molecule has 3 nitrogen and oxygen atoms in total. The number of rotatable bonds is 1. The van der Waals surface area contributed by atoms with Crippen LogP contribution in [0, 0.1) is 9.39 Å². The van der Waals surface area contributed by atoms with Gasteiger partial charge in [0.25, 0.3) is 9.05 Å². The third-order valence-electron chi connectivity index (χ3n) is 1.04. The summed E-state index contributed by atoms with van der Waals surface area (Å²) in [6, 6.07) is 1.06. The van der Waals surface area contributed by atoms with Gasteiger partial charge in [-0.2, -0.15) is 0 Å². The predicted molar refractivity (Wildman–Crippen MR) is 50.0 cm³/mol. The van der Waals surface area contributed by atoms with Crippen molar-refractivity contribution in [3.63, 3.8) is 0 Å². The summed E-state index contributed by atoms with van der Waals surface area (Å²) in [4.78, 5) is 3.44. The first kappa shape index (κ1) is 10.1. The van der Waals surface area contributed by atoms with Gasteiger partial charge in [-0.25, -0.2) is 17.8 Å². The van der Waals surface area contributed by atoms with E-state index >= 15 is 0 Å². The van der Waals surface area contributed by atoms with E-state index in [2.05, 4.69) is 4.98 Å². The Morgan fingerprint density at radius 1 is 1.58 bits per heavy atom. The zero-order chi connectivity index (χ0) is 9.35. The van der Waals surface area contributed by atoms with Crippen molar-refractivity contribution in [3.05, 3.63) is 21.7 Å². The zero-order valence-electron chi connectivity index (χ0n) is 5.46. The summed E-state index contributed by atoms with van der Waals surface area (Å²) in [6.07, 6.45) is 1.05. The van der Waals surface area contributed by atoms with Crippen molar-refractivity contribution in [1.82, 2.24) is 4.98 Å². The molecule has 0 unspecified atom stereocenters. The molecule has 7 heteroatoms. The largest absolute Gasteiger partial charge is 0.279 e. The molecule has 0 aliphatic rings. The number of halogens is 3. The highest BCUT2D eigenvalue weighted by molar-refractivity contribution is 14.1. The van der Waals surface area contributed by atoms with Crippen LogP contribution in [0.25, 0.3) is 0 Å². The molecular formula is C5H2ClFINO2S. The first-order chi connectivity index (χ1) is 5.43. The molecule has 0 radical (unpaired) electrons. The summed E-state index contributed by atoms with van der Waals surface area (Å²) in [5.74, 6) is -0.648. The highest BCUT2D eigenvalue weighted by atomic mass is 127. The summed E-state index contributed by atoms with van der Waals surface area (Å²) in [6.45, 7) is 0. The van der Waals surface area contributed by atoms with Crippen molar-refractivity contribution in [3.8, 4) is 0 Å². The maximum absolute atomic E-state index is 12.7. The van der Waals surface area contributed by atoms with Crippen molar-refractivity contribution in [1.29, 1.82) is 0 Å². The van der Waals surface area contributed by atoms with Gasteiger partial charge in [-0.05, 0) is 28.7 Å². The van der Waals surface area contributed by atoms with Crippen LogP contribution in [0.1, 0.15) is 0 Å².